The molecule has 2 aromatic rings. The molecular weight excluding hydrogens is 443 g/mol. The predicted molar refractivity (Wildman–Crippen MR) is 105 cm³/mol. The highest BCUT2D eigenvalue weighted by Gasteiger charge is 2.32. The monoisotopic (exact) mass is 463 g/mol. The van der Waals surface area contributed by atoms with Crippen molar-refractivity contribution >= 4 is 27.4 Å². The zero-order valence-electron chi connectivity index (χ0n) is 15.7. The van der Waals surface area contributed by atoms with E-state index in [0.717, 1.165) is 11.3 Å². The van der Waals surface area contributed by atoms with Crippen molar-refractivity contribution in [3.63, 3.8) is 0 Å². The van der Waals surface area contributed by atoms with Gasteiger partial charge in [0.15, 0.2) is 0 Å². The van der Waals surface area contributed by atoms with Gasteiger partial charge in [-0.15, -0.1) is 24.5 Å². The Labute approximate surface area is 175 Å². The lowest BCUT2D eigenvalue weighted by Gasteiger charge is -2.32. The van der Waals surface area contributed by atoms with Gasteiger partial charge in [0.1, 0.15) is 9.96 Å². The number of hydrogen-bond acceptors (Lipinski definition) is 5. The number of nitrogens with one attached hydrogen (secondary N) is 2. The van der Waals surface area contributed by atoms with Crippen LogP contribution >= 0.6 is 11.3 Å². The number of sulfonamides is 1. The smallest absolute Gasteiger partial charge is 0.405 e. The molecule has 0 atom stereocenters. The van der Waals surface area contributed by atoms with Gasteiger partial charge in [0.25, 0.3) is 0 Å². The molecule has 1 aliphatic heterocycles. The number of likely N-dealkylation sites (tertiary alicyclic amines) is 1. The van der Waals surface area contributed by atoms with Gasteiger partial charge >= 0.3 is 12.4 Å². The van der Waals surface area contributed by atoms with E-state index in [9.17, 15) is 26.4 Å². The molecule has 7 nitrogen and oxygen atoms in total. The van der Waals surface area contributed by atoms with Gasteiger partial charge in [0.2, 0.25) is 10.0 Å². The number of hydrogen-bond donors (Lipinski definition) is 2. The number of nitrogens with zero attached hydrogens (tertiary/aromatic N) is 1. The van der Waals surface area contributed by atoms with Crippen molar-refractivity contribution in [3.05, 3.63) is 47.3 Å². The summed E-state index contributed by atoms with van der Waals surface area (Å²) in [5.41, 5.74) is 0.196. The molecule has 2 N–H and O–H groups in total. The number of amides is 2. The second kappa shape index (κ2) is 9.23. The van der Waals surface area contributed by atoms with Gasteiger partial charge < -0.3 is 15.0 Å². The largest absolute Gasteiger partial charge is 0.573 e. The quantitative estimate of drug-likeness (QED) is 0.688. The molecule has 0 radical (unpaired) electrons. The number of rotatable bonds is 6. The fourth-order valence-electron chi connectivity index (χ4n) is 3.05. The second-order valence-electron chi connectivity index (χ2n) is 6.63. The molecule has 1 aromatic heterocycles. The SMILES string of the molecule is O=C(NCc1ccccc1OC(F)(F)F)N1CCC(NS(=O)(=O)c2cccs2)CC1. The summed E-state index contributed by atoms with van der Waals surface area (Å²) in [6.07, 6.45) is -3.95. The summed E-state index contributed by atoms with van der Waals surface area (Å²) in [7, 11) is -3.58. The average Bonchev–Trinajstić information content (AvgIpc) is 3.22. The third kappa shape index (κ3) is 6.09. The number of carbonyl (C=O) groups excluding carboxylic acids is 1. The van der Waals surface area contributed by atoms with E-state index < -0.39 is 22.4 Å². The van der Waals surface area contributed by atoms with E-state index in [4.69, 9.17) is 0 Å². The van der Waals surface area contributed by atoms with Gasteiger partial charge in [-0.05, 0) is 30.4 Å². The second-order valence-corrected chi connectivity index (χ2v) is 9.52. The Balaban J connectivity index is 1.49. The number of benzene rings is 1. The third-order valence-corrected chi connectivity index (χ3v) is 7.41. The van der Waals surface area contributed by atoms with Gasteiger partial charge in [0, 0.05) is 31.2 Å². The van der Waals surface area contributed by atoms with Crippen molar-refractivity contribution in [1.82, 2.24) is 14.9 Å². The van der Waals surface area contributed by atoms with Crippen LogP contribution in [0.3, 0.4) is 0 Å². The number of ether oxygens (including phenoxy) is 1. The van der Waals surface area contributed by atoms with E-state index in [0.29, 0.717) is 25.9 Å². The lowest BCUT2D eigenvalue weighted by molar-refractivity contribution is -0.274. The van der Waals surface area contributed by atoms with Crippen molar-refractivity contribution in [1.29, 1.82) is 0 Å². The van der Waals surface area contributed by atoms with Crippen LogP contribution in [0.1, 0.15) is 18.4 Å². The maximum Gasteiger partial charge on any atom is 0.573 e. The van der Waals surface area contributed by atoms with E-state index in [1.54, 1.807) is 17.5 Å². The topological polar surface area (TPSA) is 87.7 Å². The Bertz CT molecular complexity index is 957. The molecule has 0 unspecified atom stereocenters. The first kappa shape index (κ1) is 22.4. The minimum Gasteiger partial charge on any atom is -0.405 e. The number of alkyl halides is 3. The zero-order valence-corrected chi connectivity index (χ0v) is 17.3. The molecule has 1 saturated heterocycles. The first-order valence-corrected chi connectivity index (χ1v) is 11.4. The minimum absolute atomic E-state index is 0.129. The molecule has 1 aliphatic rings. The Kier molecular flexibility index (Phi) is 6.88. The van der Waals surface area contributed by atoms with Crippen molar-refractivity contribution in [2.75, 3.05) is 13.1 Å². The molecule has 164 valence electrons. The summed E-state index contributed by atoms with van der Waals surface area (Å²) in [6, 6.07) is 8.04. The van der Waals surface area contributed by atoms with Gasteiger partial charge in [-0.25, -0.2) is 17.9 Å². The summed E-state index contributed by atoms with van der Waals surface area (Å²) < 4.78 is 68.9. The summed E-state index contributed by atoms with van der Waals surface area (Å²) in [5, 5.41) is 4.26. The molecule has 30 heavy (non-hydrogen) atoms. The molecule has 3 rings (SSSR count). The summed E-state index contributed by atoms with van der Waals surface area (Å²) in [5.74, 6) is -0.369. The number of para-hydroxylation sites is 1. The summed E-state index contributed by atoms with van der Waals surface area (Å²) in [4.78, 5) is 13.9. The Morgan fingerprint density at radius 3 is 2.50 bits per heavy atom. The van der Waals surface area contributed by atoms with Crippen LogP contribution in [-0.2, 0) is 16.6 Å². The van der Waals surface area contributed by atoms with E-state index >= 15 is 0 Å². The summed E-state index contributed by atoms with van der Waals surface area (Å²) in [6.45, 7) is 0.518. The summed E-state index contributed by atoms with van der Waals surface area (Å²) >= 11 is 1.13. The maximum absolute atomic E-state index is 12.5. The van der Waals surface area contributed by atoms with Crippen LogP contribution in [0.2, 0.25) is 0 Å². The van der Waals surface area contributed by atoms with Crippen molar-refractivity contribution < 1.29 is 31.1 Å². The molecule has 2 heterocycles. The number of thiophene rings is 1. The highest BCUT2D eigenvalue weighted by atomic mass is 32.2. The van der Waals surface area contributed by atoms with Crippen LogP contribution < -0.4 is 14.8 Å². The Morgan fingerprint density at radius 2 is 1.87 bits per heavy atom. The van der Waals surface area contributed by atoms with Gasteiger partial charge in [0.05, 0.1) is 0 Å². The fraction of sp³-hybridized carbons (Fsp3) is 0.389. The van der Waals surface area contributed by atoms with Gasteiger partial charge in [-0.2, -0.15) is 0 Å². The van der Waals surface area contributed by atoms with E-state index in [1.165, 1.54) is 29.2 Å². The third-order valence-electron chi connectivity index (χ3n) is 4.49. The Hall–Kier alpha value is -2.31. The first-order chi connectivity index (χ1) is 14.1. The molecule has 0 spiro atoms. The molecule has 2 amide bonds. The number of carbonyl (C=O) groups is 1. The normalized spacial score (nSPS) is 15.8. The molecule has 0 bridgehead atoms. The molecule has 12 heteroatoms. The van der Waals surface area contributed by atoms with E-state index in [2.05, 4.69) is 14.8 Å². The van der Waals surface area contributed by atoms with Crippen LogP contribution in [0, 0.1) is 0 Å². The molecule has 1 aromatic carbocycles. The highest BCUT2D eigenvalue weighted by Crippen LogP contribution is 2.26. The standard InChI is InChI=1S/C18H20F3N3O4S2/c19-18(20,21)28-15-5-2-1-4-13(15)12-22-17(25)24-9-7-14(8-10-24)23-30(26,27)16-6-3-11-29-16/h1-6,11,14,23H,7-10,12H2,(H,22,25). The van der Waals surface area contributed by atoms with Crippen molar-refractivity contribution in [3.8, 4) is 5.75 Å². The molecule has 0 saturated carbocycles. The first-order valence-electron chi connectivity index (χ1n) is 9.06. The molecule has 1 fully saturated rings. The Morgan fingerprint density at radius 1 is 1.17 bits per heavy atom. The van der Waals surface area contributed by atoms with Crippen LogP contribution in [0.25, 0.3) is 0 Å². The van der Waals surface area contributed by atoms with E-state index in [-0.39, 0.29) is 28.1 Å². The molecular formula is C18H20F3N3O4S2. The van der Waals surface area contributed by atoms with Crippen molar-refractivity contribution in [2.45, 2.75) is 36.0 Å². The number of halogens is 3. The van der Waals surface area contributed by atoms with Crippen LogP contribution in [0.4, 0.5) is 18.0 Å². The molecule has 0 aliphatic carbocycles. The average molecular weight is 464 g/mol. The number of urea groups is 1. The van der Waals surface area contributed by atoms with Crippen molar-refractivity contribution in [2.24, 2.45) is 0 Å². The predicted octanol–water partition coefficient (Wildman–Crippen LogP) is 3.30. The fourth-order valence-corrected chi connectivity index (χ4v) is 5.37. The lowest BCUT2D eigenvalue weighted by Crippen LogP contribution is -2.49. The van der Waals surface area contributed by atoms with E-state index in [1.807, 2.05) is 0 Å². The zero-order chi connectivity index (χ0) is 21.8. The van der Waals surface area contributed by atoms with Gasteiger partial charge in [-0.3, -0.25) is 0 Å². The van der Waals surface area contributed by atoms with Crippen LogP contribution in [0.5, 0.6) is 5.75 Å². The minimum atomic E-state index is -4.82. The lowest BCUT2D eigenvalue weighted by atomic mass is 10.1. The highest BCUT2D eigenvalue weighted by molar-refractivity contribution is 7.91. The van der Waals surface area contributed by atoms with Crippen LogP contribution in [0.15, 0.2) is 46.0 Å². The maximum atomic E-state index is 12.5. The number of piperidine rings is 1. The van der Waals surface area contributed by atoms with Crippen LogP contribution in [-0.4, -0.2) is 44.8 Å². The van der Waals surface area contributed by atoms with Gasteiger partial charge in [-0.1, -0.05) is 24.3 Å².